The van der Waals surface area contributed by atoms with E-state index in [-0.39, 0.29) is 11.9 Å². The van der Waals surface area contributed by atoms with Crippen LogP contribution >= 0.6 is 27.5 Å². The molecule has 2 N–H and O–H groups in total. The highest BCUT2D eigenvalue weighted by molar-refractivity contribution is 9.10. The molecule has 0 aliphatic rings. The van der Waals surface area contributed by atoms with Crippen LogP contribution in [0.4, 0.5) is 4.39 Å². The third kappa shape index (κ3) is 3.78. The van der Waals surface area contributed by atoms with E-state index in [1.165, 1.54) is 12.1 Å². The van der Waals surface area contributed by atoms with Crippen molar-refractivity contribution in [2.75, 3.05) is 0 Å². The van der Waals surface area contributed by atoms with E-state index in [9.17, 15) is 4.39 Å². The molecule has 0 bridgehead atoms. The zero-order chi connectivity index (χ0) is 14.0. The quantitative estimate of drug-likeness (QED) is 0.852. The van der Waals surface area contributed by atoms with Gasteiger partial charge in [-0.05, 0) is 54.3 Å². The normalized spacial score (nSPS) is 12.5. The van der Waals surface area contributed by atoms with Crippen molar-refractivity contribution >= 4 is 27.5 Å². The van der Waals surface area contributed by atoms with Crippen LogP contribution in [-0.2, 0) is 6.42 Å². The summed E-state index contributed by atoms with van der Waals surface area (Å²) in [5, 5.41) is 0.726. The minimum absolute atomic E-state index is 0.176. The lowest BCUT2D eigenvalue weighted by Gasteiger charge is -2.14. The fourth-order valence-electron chi connectivity index (χ4n) is 2.00. The minimum atomic E-state index is -0.260. The second-order valence-corrected chi connectivity index (χ2v) is 5.92. The van der Waals surface area contributed by atoms with Gasteiger partial charge in [0.2, 0.25) is 0 Å². The van der Waals surface area contributed by atoms with Crippen LogP contribution in [-0.4, -0.2) is 0 Å². The summed E-state index contributed by atoms with van der Waals surface area (Å²) in [5.41, 5.74) is 9.03. The zero-order valence-corrected chi connectivity index (χ0v) is 12.8. The van der Waals surface area contributed by atoms with Gasteiger partial charge in [0.1, 0.15) is 5.82 Å². The van der Waals surface area contributed by atoms with E-state index in [1.807, 2.05) is 31.2 Å². The maximum absolute atomic E-state index is 13.3. The predicted octanol–water partition coefficient (Wildman–Crippen LogP) is 4.79. The molecule has 2 aromatic rings. The summed E-state index contributed by atoms with van der Waals surface area (Å²) < 4.78 is 14.0. The first kappa shape index (κ1) is 14.5. The molecule has 0 aliphatic carbocycles. The van der Waals surface area contributed by atoms with Crippen molar-refractivity contribution in [3.05, 3.63) is 68.4 Å². The van der Waals surface area contributed by atoms with Gasteiger partial charge in [-0.1, -0.05) is 39.7 Å². The predicted molar refractivity (Wildman–Crippen MR) is 80.9 cm³/mol. The first-order valence-electron chi connectivity index (χ1n) is 5.92. The fourth-order valence-corrected chi connectivity index (χ4v) is 2.63. The molecule has 0 heterocycles. The average molecular weight is 343 g/mol. The van der Waals surface area contributed by atoms with Crippen LogP contribution in [0.25, 0.3) is 0 Å². The summed E-state index contributed by atoms with van der Waals surface area (Å²) in [5.74, 6) is -0.260. The number of hydrogen-bond acceptors (Lipinski definition) is 1. The summed E-state index contributed by atoms with van der Waals surface area (Å²) in [7, 11) is 0. The molecule has 0 saturated heterocycles. The van der Waals surface area contributed by atoms with Gasteiger partial charge in [-0.2, -0.15) is 0 Å². The third-order valence-electron chi connectivity index (χ3n) is 2.99. The number of rotatable bonds is 3. The number of nitrogens with two attached hydrogens (primary N) is 1. The van der Waals surface area contributed by atoms with Crippen molar-refractivity contribution in [1.82, 2.24) is 0 Å². The van der Waals surface area contributed by atoms with Gasteiger partial charge in [-0.25, -0.2) is 4.39 Å². The van der Waals surface area contributed by atoms with Crippen LogP contribution in [0.3, 0.4) is 0 Å². The Morgan fingerprint density at radius 1 is 1.26 bits per heavy atom. The fraction of sp³-hybridized carbons (Fsp3) is 0.200. The van der Waals surface area contributed by atoms with Crippen LogP contribution < -0.4 is 5.73 Å². The molecule has 2 rings (SSSR count). The lowest BCUT2D eigenvalue weighted by molar-refractivity contribution is 0.621. The average Bonchev–Trinajstić information content (AvgIpc) is 2.31. The maximum Gasteiger partial charge on any atom is 0.124 e. The molecule has 4 heteroatoms. The van der Waals surface area contributed by atoms with Crippen molar-refractivity contribution in [3.8, 4) is 0 Å². The highest BCUT2D eigenvalue weighted by Gasteiger charge is 2.10. The van der Waals surface area contributed by atoms with E-state index in [2.05, 4.69) is 15.9 Å². The second-order valence-electron chi connectivity index (χ2n) is 4.60. The number of benzene rings is 2. The van der Waals surface area contributed by atoms with E-state index in [4.69, 9.17) is 17.3 Å². The Kier molecular flexibility index (Phi) is 4.61. The van der Waals surface area contributed by atoms with E-state index >= 15 is 0 Å². The Morgan fingerprint density at radius 3 is 2.63 bits per heavy atom. The van der Waals surface area contributed by atoms with Crippen LogP contribution in [0.1, 0.15) is 22.7 Å². The van der Waals surface area contributed by atoms with Gasteiger partial charge >= 0.3 is 0 Å². The summed E-state index contributed by atoms with van der Waals surface area (Å²) in [6.45, 7) is 1.94. The smallest absolute Gasteiger partial charge is 0.124 e. The maximum atomic E-state index is 13.3. The molecule has 0 amide bonds. The highest BCUT2D eigenvalue weighted by atomic mass is 79.9. The summed E-state index contributed by atoms with van der Waals surface area (Å²) in [6.07, 6.45) is 0.581. The molecule has 0 aromatic heterocycles. The van der Waals surface area contributed by atoms with E-state index < -0.39 is 0 Å². The van der Waals surface area contributed by atoms with E-state index in [1.54, 1.807) is 0 Å². The third-order valence-corrected chi connectivity index (χ3v) is 3.87. The van der Waals surface area contributed by atoms with E-state index in [0.29, 0.717) is 6.42 Å². The van der Waals surface area contributed by atoms with E-state index in [0.717, 1.165) is 26.2 Å². The van der Waals surface area contributed by atoms with Crippen molar-refractivity contribution < 1.29 is 4.39 Å². The van der Waals surface area contributed by atoms with Gasteiger partial charge in [0.25, 0.3) is 0 Å². The lowest BCUT2D eigenvalue weighted by Crippen LogP contribution is -2.13. The summed E-state index contributed by atoms with van der Waals surface area (Å²) in [4.78, 5) is 0. The first-order valence-corrected chi connectivity index (χ1v) is 7.09. The molecular weight excluding hydrogens is 329 g/mol. The Bertz CT molecular complexity index is 580. The SMILES string of the molecule is Cc1cc(C(N)Cc2cc(F)cc(Br)c2)ccc1Cl. The molecule has 0 fully saturated rings. The molecule has 100 valence electrons. The molecule has 0 saturated carbocycles. The number of aryl methyl sites for hydroxylation is 1. The molecule has 2 aromatic carbocycles. The number of hydrogen-bond donors (Lipinski definition) is 1. The largest absolute Gasteiger partial charge is 0.324 e. The molecular formula is C15H14BrClFN. The van der Waals surface area contributed by atoms with Gasteiger partial charge in [0.05, 0.1) is 0 Å². The Labute approximate surface area is 125 Å². The van der Waals surface area contributed by atoms with Gasteiger partial charge in [-0.3, -0.25) is 0 Å². The Morgan fingerprint density at radius 2 is 2.00 bits per heavy atom. The molecule has 0 spiro atoms. The Balaban J connectivity index is 2.20. The molecule has 1 unspecified atom stereocenters. The Hall–Kier alpha value is -0.900. The first-order chi connectivity index (χ1) is 8.95. The van der Waals surface area contributed by atoms with Gasteiger partial charge in [0, 0.05) is 15.5 Å². The van der Waals surface area contributed by atoms with Crippen LogP contribution in [0.2, 0.25) is 5.02 Å². The lowest BCUT2D eigenvalue weighted by atomic mass is 9.98. The molecule has 0 radical (unpaired) electrons. The van der Waals surface area contributed by atoms with Crippen molar-refractivity contribution in [1.29, 1.82) is 0 Å². The second kappa shape index (κ2) is 6.04. The summed E-state index contributed by atoms with van der Waals surface area (Å²) >= 11 is 9.27. The monoisotopic (exact) mass is 341 g/mol. The molecule has 1 atom stereocenters. The van der Waals surface area contributed by atoms with Gasteiger partial charge in [0.15, 0.2) is 0 Å². The van der Waals surface area contributed by atoms with Gasteiger partial charge < -0.3 is 5.73 Å². The zero-order valence-electron chi connectivity index (χ0n) is 10.5. The van der Waals surface area contributed by atoms with Crippen LogP contribution in [0.15, 0.2) is 40.9 Å². The molecule has 0 aliphatic heterocycles. The van der Waals surface area contributed by atoms with Crippen molar-refractivity contribution in [2.24, 2.45) is 5.73 Å². The topological polar surface area (TPSA) is 26.0 Å². The minimum Gasteiger partial charge on any atom is -0.324 e. The molecule has 1 nitrogen and oxygen atoms in total. The summed E-state index contributed by atoms with van der Waals surface area (Å²) in [6, 6.07) is 10.4. The highest BCUT2D eigenvalue weighted by Crippen LogP contribution is 2.23. The molecule has 19 heavy (non-hydrogen) atoms. The van der Waals surface area contributed by atoms with Gasteiger partial charge in [-0.15, -0.1) is 0 Å². The standard InChI is InChI=1S/C15H14BrClFN/c1-9-4-11(2-3-14(9)17)15(19)7-10-5-12(16)8-13(18)6-10/h2-6,8,15H,7,19H2,1H3. The van der Waals surface area contributed by atoms with Crippen LogP contribution in [0.5, 0.6) is 0 Å². The van der Waals surface area contributed by atoms with Crippen molar-refractivity contribution in [2.45, 2.75) is 19.4 Å². The van der Waals surface area contributed by atoms with Crippen LogP contribution in [0, 0.1) is 12.7 Å². The van der Waals surface area contributed by atoms with Crippen molar-refractivity contribution in [3.63, 3.8) is 0 Å². The number of halogens is 3.